The maximum atomic E-state index is 13.5. The lowest BCUT2D eigenvalue weighted by Gasteiger charge is -2.22. The van der Waals surface area contributed by atoms with Crippen LogP contribution in [0.15, 0.2) is 12.1 Å². The Balaban J connectivity index is 1.97. The second kappa shape index (κ2) is 6.06. The molecule has 2 rings (SSSR count). The van der Waals surface area contributed by atoms with E-state index in [9.17, 15) is 4.39 Å². The van der Waals surface area contributed by atoms with E-state index in [0.717, 1.165) is 6.54 Å². The third-order valence-corrected chi connectivity index (χ3v) is 4.05. The van der Waals surface area contributed by atoms with E-state index < -0.39 is 0 Å². The van der Waals surface area contributed by atoms with Crippen molar-refractivity contribution in [1.29, 1.82) is 0 Å². The Morgan fingerprint density at radius 3 is 2.78 bits per heavy atom. The molecule has 3 N–H and O–H groups in total. The average molecular weight is 363 g/mol. The number of likely N-dealkylation sites (tertiary alicyclic amines) is 1. The zero-order valence-corrected chi connectivity index (χ0v) is 12.7. The highest BCUT2D eigenvalue weighted by Gasteiger charge is 2.15. The molecular weight excluding hydrogens is 344 g/mol. The van der Waals surface area contributed by atoms with Gasteiger partial charge in [0.05, 0.1) is 14.9 Å². The minimum Gasteiger partial charge on any atom is -0.397 e. The molecule has 0 amide bonds. The van der Waals surface area contributed by atoms with Crippen LogP contribution in [0.25, 0.3) is 0 Å². The predicted molar refractivity (Wildman–Crippen MR) is 82.3 cm³/mol. The van der Waals surface area contributed by atoms with Crippen molar-refractivity contribution in [3.8, 4) is 0 Å². The summed E-state index contributed by atoms with van der Waals surface area (Å²) in [5.41, 5.74) is 7.20. The molecule has 3 nitrogen and oxygen atoms in total. The van der Waals surface area contributed by atoms with Gasteiger partial charge in [0, 0.05) is 18.7 Å². The van der Waals surface area contributed by atoms with E-state index in [0.29, 0.717) is 14.9 Å². The Hall–Kier alpha value is -0.560. The molecule has 1 aromatic carbocycles. The van der Waals surface area contributed by atoms with Gasteiger partial charge in [-0.25, -0.2) is 4.39 Å². The minimum atomic E-state index is -0.222. The second-order valence-electron chi connectivity index (χ2n) is 4.91. The Bertz CT molecular complexity index is 419. The molecule has 0 radical (unpaired) electrons. The molecule has 0 bridgehead atoms. The lowest BCUT2D eigenvalue weighted by Crippen LogP contribution is -2.33. The van der Waals surface area contributed by atoms with Crippen LogP contribution >= 0.6 is 22.6 Å². The van der Waals surface area contributed by atoms with Gasteiger partial charge in [0.2, 0.25) is 0 Å². The van der Waals surface area contributed by atoms with Crippen LogP contribution in [0, 0.1) is 9.39 Å². The van der Waals surface area contributed by atoms with E-state index in [4.69, 9.17) is 5.73 Å². The SMILES string of the molecule is CC(CN1CCCC1)Nc1cc(F)c(I)cc1N. The fraction of sp³-hybridized carbons (Fsp3) is 0.538. The summed E-state index contributed by atoms with van der Waals surface area (Å²) in [4.78, 5) is 2.43. The number of anilines is 2. The van der Waals surface area contributed by atoms with Crippen molar-refractivity contribution in [1.82, 2.24) is 4.90 Å². The van der Waals surface area contributed by atoms with Gasteiger partial charge in [-0.1, -0.05) is 0 Å². The molecule has 0 spiro atoms. The fourth-order valence-corrected chi connectivity index (χ4v) is 2.84. The smallest absolute Gasteiger partial charge is 0.138 e. The summed E-state index contributed by atoms with van der Waals surface area (Å²) in [7, 11) is 0. The lowest BCUT2D eigenvalue weighted by atomic mass is 10.2. The van der Waals surface area contributed by atoms with Crippen LogP contribution in [-0.4, -0.2) is 30.6 Å². The first-order valence-corrected chi connectivity index (χ1v) is 7.37. The van der Waals surface area contributed by atoms with E-state index >= 15 is 0 Å². The van der Waals surface area contributed by atoms with Gasteiger partial charge in [-0.3, -0.25) is 0 Å². The minimum absolute atomic E-state index is 0.222. The maximum absolute atomic E-state index is 13.5. The number of nitrogens with two attached hydrogens (primary N) is 1. The summed E-state index contributed by atoms with van der Waals surface area (Å²) in [6.45, 7) is 5.42. The largest absolute Gasteiger partial charge is 0.397 e. The van der Waals surface area contributed by atoms with Gasteiger partial charge in [0.15, 0.2) is 0 Å². The molecule has 1 aliphatic heterocycles. The standard InChI is InChI=1S/C13H19FIN3/c1-9(8-18-4-2-3-5-18)17-13-6-10(14)11(15)7-12(13)16/h6-7,9,17H,2-5,8,16H2,1H3. The molecule has 1 fully saturated rings. The van der Waals surface area contributed by atoms with Crippen LogP contribution in [0.4, 0.5) is 15.8 Å². The fourth-order valence-electron chi connectivity index (χ4n) is 2.35. The molecule has 1 aromatic rings. The Morgan fingerprint density at radius 1 is 1.44 bits per heavy atom. The number of nitrogens with one attached hydrogen (secondary N) is 1. The van der Waals surface area contributed by atoms with Crippen molar-refractivity contribution in [2.45, 2.75) is 25.8 Å². The maximum Gasteiger partial charge on any atom is 0.138 e. The summed E-state index contributed by atoms with van der Waals surface area (Å²) >= 11 is 1.95. The third-order valence-electron chi connectivity index (χ3n) is 3.23. The van der Waals surface area contributed by atoms with E-state index in [1.807, 2.05) is 22.6 Å². The van der Waals surface area contributed by atoms with Gasteiger partial charge in [0.1, 0.15) is 5.82 Å². The van der Waals surface area contributed by atoms with E-state index in [2.05, 4.69) is 17.1 Å². The van der Waals surface area contributed by atoms with Crippen molar-refractivity contribution in [3.63, 3.8) is 0 Å². The Labute approximate surface area is 121 Å². The molecule has 1 aliphatic rings. The topological polar surface area (TPSA) is 41.3 Å². The van der Waals surface area contributed by atoms with Crippen LogP contribution in [-0.2, 0) is 0 Å². The first-order valence-electron chi connectivity index (χ1n) is 6.29. The number of rotatable bonds is 4. The van der Waals surface area contributed by atoms with E-state index in [1.165, 1.54) is 32.0 Å². The summed E-state index contributed by atoms with van der Waals surface area (Å²) in [5, 5.41) is 3.30. The number of hydrogen-bond acceptors (Lipinski definition) is 3. The van der Waals surface area contributed by atoms with Gasteiger partial charge in [-0.05, 0) is 61.5 Å². The first-order chi connectivity index (χ1) is 8.56. The number of hydrogen-bond donors (Lipinski definition) is 2. The van der Waals surface area contributed by atoms with Crippen LogP contribution in [0.3, 0.4) is 0 Å². The van der Waals surface area contributed by atoms with Crippen molar-refractivity contribution in [2.75, 3.05) is 30.7 Å². The van der Waals surface area contributed by atoms with Crippen LogP contribution in [0.1, 0.15) is 19.8 Å². The highest BCUT2D eigenvalue weighted by Crippen LogP contribution is 2.24. The number of halogens is 2. The highest BCUT2D eigenvalue weighted by molar-refractivity contribution is 14.1. The molecule has 100 valence electrons. The number of nitrogen functional groups attached to an aromatic ring is 1. The van der Waals surface area contributed by atoms with E-state index in [-0.39, 0.29) is 11.9 Å². The van der Waals surface area contributed by atoms with Crippen LogP contribution in [0.5, 0.6) is 0 Å². The molecule has 18 heavy (non-hydrogen) atoms. The molecule has 1 atom stereocenters. The van der Waals surface area contributed by atoms with Crippen molar-refractivity contribution in [3.05, 3.63) is 21.5 Å². The molecular formula is C13H19FIN3. The highest BCUT2D eigenvalue weighted by atomic mass is 127. The second-order valence-corrected chi connectivity index (χ2v) is 6.07. The first kappa shape index (κ1) is 13.9. The third kappa shape index (κ3) is 3.47. The zero-order valence-electron chi connectivity index (χ0n) is 10.5. The van der Waals surface area contributed by atoms with Crippen molar-refractivity contribution >= 4 is 34.0 Å². The van der Waals surface area contributed by atoms with Gasteiger partial charge in [-0.15, -0.1) is 0 Å². The van der Waals surface area contributed by atoms with Crippen LogP contribution in [0.2, 0.25) is 0 Å². The Kier molecular flexibility index (Phi) is 4.66. The molecule has 0 aliphatic carbocycles. The summed E-state index contributed by atoms with van der Waals surface area (Å²) < 4.78 is 14.1. The van der Waals surface area contributed by atoms with Gasteiger partial charge >= 0.3 is 0 Å². The molecule has 1 unspecified atom stereocenters. The van der Waals surface area contributed by atoms with Crippen molar-refractivity contribution < 1.29 is 4.39 Å². The molecule has 0 saturated carbocycles. The monoisotopic (exact) mass is 363 g/mol. The quantitative estimate of drug-likeness (QED) is 0.639. The average Bonchev–Trinajstić information content (AvgIpc) is 2.78. The molecule has 5 heteroatoms. The number of benzene rings is 1. The predicted octanol–water partition coefficient (Wildman–Crippen LogP) is 2.91. The summed E-state index contributed by atoms with van der Waals surface area (Å²) in [6, 6.07) is 3.42. The lowest BCUT2D eigenvalue weighted by molar-refractivity contribution is 0.328. The van der Waals surface area contributed by atoms with Gasteiger partial charge < -0.3 is 16.0 Å². The van der Waals surface area contributed by atoms with Crippen LogP contribution < -0.4 is 11.1 Å². The molecule has 0 aromatic heterocycles. The summed E-state index contributed by atoms with van der Waals surface area (Å²) in [6.07, 6.45) is 2.57. The van der Waals surface area contributed by atoms with Gasteiger partial charge in [-0.2, -0.15) is 0 Å². The van der Waals surface area contributed by atoms with Gasteiger partial charge in [0.25, 0.3) is 0 Å². The zero-order chi connectivity index (χ0) is 13.1. The molecule has 1 saturated heterocycles. The summed E-state index contributed by atoms with van der Waals surface area (Å²) in [5.74, 6) is -0.222. The number of nitrogens with zero attached hydrogens (tertiary/aromatic N) is 1. The molecule has 1 heterocycles. The van der Waals surface area contributed by atoms with Crippen molar-refractivity contribution in [2.24, 2.45) is 0 Å². The Morgan fingerprint density at radius 2 is 2.11 bits per heavy atom. The van der Waals surface area contributed by atoms with E-state index in [1.54, 1.807) is 6.07 Å². The normalized spacial score (nSPS) is 17.9.